The number of anilines is 1. The molecule has 1 spiro atoms. The second-order valence-electron chi connectivity index (χ2n) is 8.08. The molecule has 2 aromatic rings. The predicted octanol–water partition coefficient (Wildman–Crippen LogP) is 3.31. The van der Waals surface area contributed by atoms with E-state index >= 15 is 0 Å². The van der Waals surface area contributed by atoms with Gasteiger partial charge < -0.3 is 10.6 Å². The highest BCUT2D eigenvalue weighted by atomic mass is 35.5. The van der Waals surface area contributed by atoms with Crippen LogP contribution in [-0.4, -0.2) is 47.7 Å². The third-order valence-electron chi connectivity index (χ3n) is 5.85. The van der Waals surface area contributed by atoms with Crippen molar-refractivity contribution in [1.82, 2.24) is 10.2 Å². The van der Waals surface area contributed by atoms with Crippen LogP contribution in [0.5, 0.6) is 0 Å². The summed E-state index contributed by atoms with van der Waals surface area (Å²) in [5.41, 5.74) is 3.81. The standard InChI is InChI=1S/C23H25ClN4O2/c1-15-3-8-19(13-16(15)2)25-20(29)14-28-11-9-23(10-12-28)26-21(22(30)27-23)17-4-6-18(24)7-5-17/h3-8,13H,9-12,14H2,1-2H3,(H,25,29)(H,27,30). The molecule has 4 rings (SSSR count). The maximum atomic E-state index is 12.5. The second kappa shape index (κ2) is 8.20. The van der Waals surface area contributed by atoms with Crippen LogP contribution in [0.25, 0.3) is 0 Å². The molecule has 0 unspecified atom stereocenters. The maximum Gasteiger partial charge on any atom is 0.272 e. The van der Waals surface area contributed by atoms with Crippen molar-refractivity contribution in [2.45, 2.75) is 32.4 Å². The highest BCUT2D eigenvalue weighted by Gasteiger charge is 2.42. The highest BCUT2D eigenvalue weighted by Crippen LogP contribution is 2.29. The van der Waals surface area contributed by atoms with Crippen LogP contribution in [0.3, 0.4) is 0 Å². The third-order valence-corrected chi connectivity index (χ3v) is 6.10. The number of nitrogens with zero attached hydrogens (tertiary/aromatic N) is 2. The molecule has 0 radical (unpaired) electrons. The zero-order valence-electron chi connectivity index (χ0n) is 17.2. The van der Waals surface area contributed by atoms with Crippen LogP contribution in [0.2, 0.25) is 5.02 Å². The fourth-order valence-electron chi connectivity index (χ4n) is 3.91. The average molecular weight is 425 g/mol. The van der Waals surface area contributed by atoms with Gasteiger partial charge in [0, 0.05) is 42.2 Å². The molecule has 2 aromatic carbocycles. The molecule has 2 heterocycles. The molecule has 1 fully saturated rings. The minimum Gasteiger partial charge on any atom is -0.326 e. The van der Waals surface area contributed by atoms with Gasteiger partial charge in [-0.05, 0) is 49.2 Å². The number of piperidine rings is 1. The van der Waals surface area contributed by atoms with Crippen molar-refractivity contribution < 1.29 is 9.59 Å². The largest absolute Gasteiger partial charge is 0.326 e. The van der Waals surface area contributed by atoms with Crippen LogP contribution in [0, 0.1) is 13.8 Å². The Bertz CT molecular complexity index is 1010. The number of amides is 2. The first-order valence-corrected chi connectivity index (χ1v) is 10.5. The van der Waals surface area contributed by atoms with Crippen LogP contribution in [0.4, 0.5) is 5.69 Å². The lowest BCUT2D eigenvalue weighted by Crippen LogP contribution is -2.52. The van der Waals surface area contributed by atoms with Crippen molar-refractivity contribution in [1.29, 1.82) is 0 Å². The number of carbonyl (C=O) groups excluding carboxylic acids is 2. The van der Waals surface area contributed by atoms with Gasteiger partial charge in [-0.1, -0.05) is 29.8 Å². The normalized spacial score (nSPS) is 18.2. The summed E-state index contributed by atoms with van der Waals surface area (Å²) in [6.45, 7) is 5.79. The fourth-order valence-corrected chi connectivity index (χ4v) is 4.03. The Morgan fingerprint density at radius 3 is 2.50 bits per heavy atom. The highest BCUT2D eigenvalue weighted by molar-refractivity contribution is 6.47. The number of carbonyl (C=O) groups is 2. The molecule has 2 amide bonds. The molecule has 2 aliphatic rings. The SMILES string of the molecule is Cc1ccc(NC(=O)CN2CCC3(CC2)N=C(c2ccc(Cl)cc2)C(=O)N3)cc1C. The van der Waals surface area contributed by atoms with E-state index in [9.17, 15) is 9.59 Å². The molecule has 2 aliphatic heterocycles. The Kier molecular flexibility index (Phi) is 5.62. The summed E-state index contributed by atoms with van der Waals surface area (Å²) >= 11 is 5.94. The van der Waals surface area contributed by atoms with E-state index < -0.39 is 5.66 Å². The molecule has 0 aliphatic carbocycles. The van der Waals surface area contributed by atoms with Gasteiger partial charge in [0.05, 0.1) is 6.54 Å². The second-order valence-corrected chi connectivity index (χ2v) is 8.51. The number of hydrogen-bond acceptors (Lipinski definition) is 4. The summed E-state index contributed by atoms with van der Waals surface area (Å²) in [6, 6.07) is 13.1. The van der Waals surface area contributed by atoms with E-state index in [0.29, 0.717) is 43.2 Å². The Morgan fingerprint density at radius 1 is 1.13 bits per heavy atom. The lowest BCUT2D eigenvalue weighted by atomic mass is 9.98. The van der Waals surface area contributed by atoms with E-state index in [2.05, 4.69) is 15.5 Å². The first-order chi connectivity index (χ1) is 14.3. The third kappa shape index (κ3) is 4.40. The molecule has 1 saturated heterocycles. The molecular formula is C23H25ClN4O2. The van der Waals surface area contributed by atoms with Gasteiger partial charge in [0.15, 0.2) is 0 Å². The summed E-state index contributed by atoms with van der Waals surface area (Å²) in [5, 5.41) is 6.65. The van der Waals surface area contributed by atoms with Crippen LogP contribution in [0.1, 0.15) is 29.5 Å². The van der Waals surface area contributed by atoms with E-state index in [-0.39, 0.29) is 11.8 Å². The molecule has 7 heteroatoms. The van der Waals surface area contributed by atoms with Crippen LogP contribution < -0.4 is 10.6 Å². The van der Waals surface area contributed by atoms with Crippen molar-refractivity contribution in [2.24, 2.45) is 4.99 Å². The van der Waals surface area contributed by atoms with Crippen molar-refractivity contribution in [3.05, 3.63) is 64.2 Å². The van der Waals surface area contributed by atoms with E-state index in [1.807, 2.05) is 44.2 Å². The number of benzene rings is 2. The monoisotopic (exact) mass is 424 g/mol. The first-order valence-electron chi connectivity index (χ1n) is 10.1. The molecule has 0 atom stereocenters. The summed E-state index contributed by atoms with van der Waals surface area (Å²) in [5.74, 6) is -0.187. The van der Waals surface area contributed by atoms with E-state index in [4.69, 9.17) is 16.6 Å². The number of aliphatic imine (C=N–C) groups is 1. The number of halogens is 1. The molecule has 0 aromatic heterocycles. The van der Waals surface area contributed by atoms with Gasteiger partial charge in [-0.3, -0.25) is 19.5 Å². The maximum absolute atomic E-state index is 12.5. The van der Waals surface area contributed by atoms with Gasteiger partial charge in [0.1, 0.15) is 11.4 Å². The molecule has 156 valence electrons. The summed E-state index contributed by atoms with van der Waals surface area (Å²) in [6.07, 6.45) is 1.35. The van der Waals surface area contributed by atoms with Crippen LogP contribution >= 0.6 is 11.6 Å². The van der Waals surface area contributed by atoms with Crippen molar-refractivity contribution in [3.8, 4) is 0 Å². The number of rotatable bonds is 4. The number of hydrogen-bond donors (Lipinski definition) is 2. The summed E-state index contributed by atoms with van der Waals surface area (Å²) in [7, 11) is 0. The lowest BCUT2D eigenvalue weighted by molar-refractivity contribution is -0.119. The Labute approximate surface area is 181 Å². The van der Waals surface area contributed by atoms with Gasteiger partial charge in [0.25, 0.3) is 5.91 Å². The number of likely N-dealkylation sites (tertiary alicyclic amines) is 1. The van der Waals surface area contributed by atoms with Gasteiger partial charge >= 0.3 is 0 Å². The molecular weight excluding hydrogens is 400 g/mol. The zero-order chi connectivity index (χ0) is 21.3. The zero-order valence-corrected chi connectivity index (χ0v) is 17.9. The smallest absolute Gasteiger partial charge is 0.272 e. The van der Waals surface area contributed by atoms with E-state index in [1.165, 1.54) is 5.56 Å². The Balaban J connectivity index is 1.35. The molecule has 0 saturated carbocycles. The predicted molar refractivity (Wildman–Crippen MR) is 119 cm³/mol. The molecule has 6 nitrogen and oxygen atoms in total. The summed E-state index contributed by atoms with van der Waals surface area (Å²) in [4.78, 5) is 31.8. The van der Waals surface area contributed by atoms with Gasteiger partial charge in [0.2, 0.25) is 5.91 Å². The van der Waals surface area contributed by atoms with Crippen molar-refractivity contribution >= 4 is 34.8 Å². The number of nitrogens with one attached hydrogen (secondary N) is 2. The average Bonchev–Trinajstić information content (AvgIpc) is 3.03. The topological polar surface area (TPSA) is 73.8 Å². The quantitative estimate of drug-likeness (QED) is 0.790. The first kappa shape index (κ1) is 20.6. The molecule has 0 bridgehead atoms. The van der Waals surface area contributed by atoms with Gasteiger partial charge in [-0.25, -0.2) is 0 Å². The Morgan fingerprint density at radius 2 is 1.83 bits per heavy atom. The van der Waals surface area contributed by atoms with Gasteiger partial charge in [-0.15, -0.1) is 0 Å². The lowest BCUT2D eigenvalue weighted by Gasteiger charge is -2.36. The van der Waals surface area contributed by atoms with Gasteiger partial charge in [-0.2, -0.15) is 0 Å². The van der Waals surface area contributed by atoms with Crippen LogP contribution in [0.15, 0.2) is 47.5 Å². The van der Waals surface area contributed by atoms with E-state index in [1.54, 1.807) is 12.1 Å². The summed E-state index contributed by atoms with van der Waals surface area (Å²) < 4.78 is 0. The van der Waals surface area contributed by atoms with Crippen molar-refractivity contribution in [3.63, 3.8) is 0 Å². The molecule has 30 heavy (non-hydrogen) atoms. The van der Waals surface area contributed by atoms with E-state index in [0.717, 1.165) is 16.8 Å². The van der Waals surface area contributed by atoms with Crippen molar-refractivity contribution in [2.75, 3.05) is 25.0 Å². The fraction of sp³-hybridized carbons (Fsp3) is 0.348. The minimum atomic E-state index is -0.576. The van der Waals surface area contributed by atoms with Crippen LogP contribution in [-0.2, 0) is 9.59 Å². The number of aryl methyl sites for hydroxylation is 2. The molecule has 2 N–H and O–H groups in total. The Hall–Kier alpha value is -2.70. The minimum absolute atomic E-state index is 0.0324.